The summed E-state index contributed by atoms with van der Waals surface area (Å²) in [6, 6.07) is 0. The van der Waals surface area contributed by atoms with Crippen LogP contribution in [0.25, 0.3) is 0 Å². The fourth-order valence-corrected chi connectivity index (χ4v) is 3.38. The molecule has 0 aliphatic carbocycles. The molecule has 0 bridgehead atoms. The number of phosphoric acid groups is 1. The number of unbranched alkanes of at least 4 members (excludes halogenated alkanes) is 6. The number of nitrogens with zero attached hydrogens (tertiary/aromatic N) is 1. The smallest absolute Gasteiger partial charge is 0.306 e. The average Bonchev–Trinajstić information content (AvgIpc) is 2.69. The molecule has 0 amide bonds. The van der Waals surface area contributed by atoms with Crippen LogP contribution in [0.15, 0.2) is 0 Å². The van der Waals surface area contributed by atoms with Crippen LogP contribution in [0.2, 0.25) is 0 Å². The van der Waals surface area contributed by atoms with Crippen LogP contribution < -0.4 is 4.89 Å². The monoisotopic (exact) mass is 481 g/mol. The summed E-state index contributed by atoms with van der Waals surface area (Å²) in [5.74, 6) is -0.882. The van der Waals surface area contributed by atoms with Crippen LogP contribution in [0, 0.1) is 0 Å². The van der Waals surface area contributed by atoms with Gasteiger partial charge in [-0.25, -0.2) is 0 Å². The Balaban J connectivity index is 4.63. The van der Waals surface area contributed by atoms with Crippen molar-refractivity contribution < 1.29 is 42.1 Å². The zero-order valence-corrected chi connectivity index (χ0v) is 21.5. The Hall–Kier alpha value is -0.990. The number of likely N-dealkylation sites (N-methyl/N-ethyl adjacent to an activating group) is 1. The highest BCUT2D eigenvalue weighted by Crippen LogP contribution is 2.38. The van der Waals surface area contributed by atoms with E-state index in [9.17, 15) is 19.0 Å². The minimum atomic E-state index is -4.57. The highest BCUT2D eigenvalue weighted by molar-refractivity contribution is 7.45. The van der Waals surface area contributed by atoms with Crippen LogP contribution in [-0.4, -0.2) is 70.0 Å². The van der Waals surface area contributed by atoms with Crippen molar-refractivity contribution in [1.29, 1.82) is 0 Å². The number of phosphoric ester groups is 1. The molecule has 0 aromatic heterocycles. The molecule has 190 valence electrons. The summed E-state index contributed by atoms with van der Waals surface area (Å²) in [4.78, 5) is 36.0. The summed E-state index contributed by atoms with van der Waals surface area (Å²) in [5.41, 5.74) is 0. The molecule has 0 radical (unpaired) electrons. The molecule has 1 unspecified atom stereocenters. The molecule has 0 aliphatic rings. The van der Waals surface area contributed by atoms with E-state index < -0.39 is 32.5 Å². The van der Waals surface area contributed by atoms with Crippen LogP contribution in [0.5, 0.6) is 0 Å². The molecule has 0 saturated carbocycles. The maximum Gasteiger partial charge on any atom is 0.306 e. The molecule has 0 spiro atoms. The molecule has 0 aliphatic heterocycles. The van der Waals surface area contributed by atoms with E-state index in [1.165, 1.54) is 0 Å². The second-order valence-electron chi connectivity index (χ2n) is 9.01. The van der Waals surface area contributed by atoms with Crippen LogP contribution in [0.3, 0.4) is 0 Å². The Kier molecular flexibility index (Phi) is 16.9. The average molecular weight is 482 g/mol. The molecule has 0 heterocycles. The summed E-state index contributed by atoms with van der Waals surface area (Å²) >= 11 is 0. The molecule has 32 heavy (non-hydrogen) atoms. The van der Waals surface area contributed by atoms with Crippen molar-refractivity contribution in [1.82, 2.24) is 0 Å². The van der Waals surface area contributed by atoms with Crippen LogP contribution in [-0.2, 0) is 32.7 Å². The second kappa shape index (κ2) is 17.5. The number of hydrogen-bond acceptors (Lipinski definition) is 8. The summed E-state index contributed by atoms with van der Waals surface area (Å²) < 4.78 is 32.8. The Morgan fingerprint density at radius 3 is 2.03 bits per heavy atom. The normalized spacial score (nSPS) is 14.6. The zero-order chi connectivity index (χ0) is 24.5. The number of carbonyl (C=O) groups is 2. The van der Waals surface area contributed by atoms with E-state index in [1.807, 2.05) is 28.1 Å². The fourth-order valence-electron chi connectivity index (χ4n) is 2.65. The largest absolute Gasteiger partial charge is 0.756 e. The highest BCUT2D eigenvalue weighted by Gasteiger charge is 2.21. The topological polar surface area (TPSA) is 111 Å². The van der Waals surface area contributed by atoms with Crippen molar-refractivity contribution in [2.75, 3.05) is 47.5 Å². The molecule has 2 atom stereocenters. The first-order valence-electron chi connectivity index (χ1n) is 11.7. The predicted molar refractivity (Wildman–Crippen MR) is 121 cm³/mol. The molecule has 0 fully saturated rings. The second-order valence-corrected chi connectivity index (χ2v) is 10.4. The highest BCUT2D eigenvalue weighted by atomic mass is 31.2. The van der Waals surface area contributed by atoms with Gasteiger partial charge in [-0.3, -0.25) is 14.2 Å². The fraction of sp³-hybridized carbons (Fsp3) is 0.909. The number of rotatable bonds is 20. The lowest BCUT2D eigenvalue weighted by molar-refractivity contribution is -0.870. The lowest BCUT2D eigenvalue weighted by Gasteiger charge is -2.28. The zero-order valence-electron chi connectivity index (χ0n) is 20.6. The first kappa shape index (κ1) is 31.0. The summed E-state index contributed by atoms with van der Waals surface area (Å²) in [6.45, 7) is 3.87. The van der Waals surface area contributed by atoms with Gasteiger partial charge in [0.2, 0.25) is 0 Å². The number of hydrogen-bond donors (Lipinski definition) is 0. The standard InChI is InChI=1S/C22H44NO8P/c1-6-8-10-11-13-15-22(25)31-20(18-28-21(24)14-12-9-7-2)19-30-32(26,27)29-17-16-23(3,4)5/h20H,6-19H2,1-5H3/t20-/m1/s1. The van der Waals surface area contributed by atoms with E-state index in [2.05, 4.69) is 6.92 Å². The minimum absolute atomic E-state index is 0.0289. The summed E-state index contributed by atoms with van der Waals surface area (Å²) in [5, 5.41) is 0. The maximum atomic E-state index is 12.1. The maximum absolute atomic E-state index is 12.1. The van der Waals surface area contributed by atoms with Crippen molar-refractivity contribution in [3.05, 3.63) is 0 Å². The van der Waals surface area contributed by atoms with Crippen LogP contribution >= 0.6 is 7.82 Å². The van der Waals surface area contributed by atoms with Crippen molar-refractivity contribution in [3.63, 3.8) is 0 Å². The van der Waals surface area contributed by atoms with E-state index in [1.54, 1.807) is 0 Å². The van der Waals surface area contributed by atoms with Gasteiger partial charge in [-0.1, -0.05) is 52.4 Å². The van der Waals surface area contributed by atoms with Crippen molar-refractivity contribution in [3.8, 4) is 0 Å². The van der Waals surface area contributed by atoms with Gasteiger partial charge in [0.05, 0.1) is 27.7 Å². The first-order chi connectivity index (χ1) is 15.0. The van der Waals surface area contributed by atoms with E-state index in [0.717, 1.165) is 38.5 Å². The molecular formula is C22H44NO8P. The molecule has 10 heteroatoms. The first-order valence-corrected chi connectivity index (χ1v) is 13.2. The predicted octanol–water partition coefficient (Wildman–Crippen LogP) is 3.59. The van der Waals surface area contributed by atoms with Gasteiger partial charge in [-0.05, 0) is 12.8 Å². The van der Waals surface area contributed by atoms with Gasteiger partial charge in [0, 0.05) is 12.8 Å². The Labute approximate surface area is 193 Å². The lowest BCUT2D eigenvalue weighted by atomic mass is 10.1. The van der Waals surface area contributed by atoms with E-state index in [0.29, 0.717) is 23.9 Å². The molecule has 9 nitrogen and oxygen atoms in total. The molecule has 0 saturated heterocycles. The number of ether oxygens (including phenoxy) is 2. The van der Waals surface area contributed by atoms with Crippen LogP contribution in [0.4, 0.5) is 0 Å². The van der Waals surface area contributed by atoms with E-state index in [-0.39, 0.29) is 26.1 Å². The van der Waals surface area contributed by atoms with E-state index in [4.69, 9.17) is 18.5 Å². The quantitative estimate of drug-likeness (QED) is 0.112. The SMILES string of the molecule is CCCCCCCC(=O)O[C@H](COC(=O)CCCCC)COP(=O)([O-])OCC[N+](C)(C)C. The summed E-state index contributed by atoms with van der Waals surface area (Å²) in [6.07, 6.45) is 6.97. The van der Waals surface area contributed by atoms with Crippen LogP contribution in [0.1, 0.15) is 78.1 Å². The lowest BCUT2D eigenvalue weighted by Crippen LogP contribution is -2.37. The minimum Gasteiger partial charge on any atom is -0.756 e. The Bertz CT molecular complexity index is 565. The third-order valence-electron chi connectivity index (χ3n) is 4.63. The molecule has 0 rings (SSSR count). The third kappa shape index (κ3) is 19.7. The van der Waals surface area contributed by atoms with Gasteiger partial charge in [0.1, 0.15) is 19.8 Å². The van der Waals surface area contributed by atoms with Gasteiger partial charge >= 0.3 is 11.9 Å². The number of carbonyl (C=O) groups excluding carboxylic acids is 2. The van der Waals surface area contributed by atoms with Gasteiger partial charge in [0.15, 0.2) is 6.10 Å². The Morgan fingerprint density at radius 2 is 1.41 bits per heavy atom. The number of esters is 2. The Morgan fingerprint density at radius 1 is 0.844 bits per heavy atom. The molecule has 0 aromatic rings. The molecule has 0 aromatic carbocycles. The van der Waals surface area contributed by atoms with Gasteiger partial charge in [0.25, 0.3) is 7.82 Å². The van der Waals surface area contributed by atoms with Crippen molar-refractivity contribution in [2.24, 2.45) is 0 Å². The molecule has 0 N–H and O–H groups in total. The van der Waals surface area contributed by atoms with Gasteiger partial charge in [-0.15, -0.1) is 0 Å². The number of quaternary nitrogens is 1. The summed E-state index contributed by atoms with van der Waals surface area (Å²) in [7, 11) is 1.16. The molecular weight excluding hydrogens is 437 g/mol. The van der Waals surface area contributed by atoms with Gasteiger partial charge in [-0.2, -0.15) is 0 Å². The third-order valence-corrected chi connectivity index (χ3v) is 5.59. The van der Waals surface area contributed by atoms with Gasteiger partial charge < -0.3 is 27.9 Å². The van der Waals surface area contributed by atoms with E-state index >= 15 is 0 Å². The van der Waals surface area contributed by atoms with Crippen molar-refractivity contribution >= 4 is 19.8 Å². The van der Waals surface area contributed by atoms with Crippen molar-refractivity contribution in [2.45, 2.75) is 84.2 Å².